The number of alkyl halides is 6. The highest BCUT2D eigenvalue weighted by Crippen LogP contribution is 2.41. The Kier molecular flexibility index (Phi) is 12.5. The van der Waals surface area contributed by atoms with Crippen molar-refractivity contribution in [3.8, 4) is 0 Å². The number of hydrogen-bond donors (Lipinski definition) is 0. The van der Waals surface area contributed by atoms with E-state index in [-0.39, 0.29) is 46.2 Å². The Labute approximate surface area is 326 Å². The lowest BCUT2D eigenvalue weighted by atomic mass is 9.92. The number of rotatable bonds is 7. The maximum absolute atomic E-state index is 14.6. The average Bonchev–Trinajstić information content (AvgIpc) is 3.08. The number of nitrogens with zero attached hydrogens (tertiary/aromatic N) is 4. The lowest BCUT2D eigenvalue weighted by molar-refractivity contribution is -0.138. The molecule has 0 unspecified atom stereocenters. The van der Waals surface area contributed by atoms with Crippen LogP contribution in [0, 0.1) is 27.7 Å². The van der Waals surface area contributed by atoms with Gasteiger partial charge in [-0.05, 0) is 104 Å². The molecule has 1 saturated heterocycles. The van der Waals surface area contributed by atoms with Gasteiger partial charge in [0.05, 0.1) is 29.2 Å². The standard InChI is InChI=1S/C44H49ClF6N4/c1-10-31-19-27(6)17-29(8)38(31)42(53-40-35(25(2)3)13-11-14-36(40)26(4)5)55-16-12-15-54(24-55)41(32-21-33(43(46,47)48)23-34(45)22-32)52-39-30(9)18-28(7)20-37(39)44(49,50)51/h11,13-14,17-23,25-26H,10,12,15-16,24H2,1-9H3. The first kappa shape index (κ1) is 41.8. The molecule has 55 heavy (non-hydrogen) atoms. The van der Waals surface area contributed by atoms with Gasteiger partial charge >= 0.3 is 12.4 Å². The molecule has 5 rings (SSSR count). The molecule has 0 aliphatic carbocycles. The van der Waals surface area contributed by atoms with Crippen LogP contribution >= 0.6 is 11.6 Å². The van der Waals surface area contributed by atoms with E-state index in [0.29, 0.717) is 30.9 Å². The minimum Gasteiger partial charge on any atom is -0.338 e. The van der Waals surface area contributed by atoms with Gasteiger partial charge in [-0.25, -0.2) is 9.98 Å². The largest absolute Gasteiger partial charge is 0.418 e. The van der Waals surface area contributed by atoms with Crippen molar-refractivity contribution in [3.63, 3.8) is 0 Å². The molecule has 0 bridgehead atoms. The van der Waals surface area contributed by atoms with Gasteiger partial charge in [0.25, 0.3) is 0 Å². The number of amidine groups is 2. The summed E-state index contributed by atoms with van der Waals surface area (Å²) in [5.41, 5.74) is 5.44. The van der Waals surface area contributed by atoms with E-state index in [2.05, 4.69) is 68.8 Å². The smallest absolute Gasteiger partial charge is 0.338 e. The highest BCUT2D eigenvalue weighted by Gasteiger charge is 2.36. The summed E-state index contributed by atoms with van der Waals surface area (Å²) in [6.45, 7) is 18.7. The van der Waals surface area contributed by atoms with Crippen LogP contribution in [0.2, 0.25) is 5.02 Å². The number of para-hydroxylation sites is 1. The molecule has 1 aliphatic rings. The van der Waals surface area contributed by atoms with E-state index in [9.17, 15) is 26.3 Å². The van der Waals surface area contributed by atoms with Gasteiger partial charge < -0.3 is 9.80 Å². The maximum atomic E-state index is 14.6. The molecule has 0 N–H and O–H groups in total. The van der Waals surface area contributed by atoms with Gasteiger partial charge in [-0.2, -0.15) is 26.3 Å². The molecular formula is C44H49ClF6N4. The molecule has 0 radical (unpaired) electrons. The summed E-state index contributed by atoms with van der Waals surface area (Å²) in [6.07, 6.45) is -8.27. The highest BCUT2D eigenvalue weighted by molar-refractivity contribution is 6.31. The quantitative estimate of drug-likeness (QED) is 0.106. The van der Waals surface area contributed by atoms with Crippen LogP contribution in [-0.4, -0.2) is 41.2 Å². The van der Waals surface area contributed by atoms with Gasteiger partial charge in [0.2, 0.25) is 0 Å². The van der Waals surface area contributed by atoms with E-state index in [1.165, 1.54) is 13.0 Å². The Morgan fingerprint density at radius 1 is 0.709 bits per heavy atom. The molecular weight excluding hydrogens is 734 g/mol. The van der Waals surface area contributed by atoms with Crippen molar-refractivity contribution >= 4 is 34.6 Å². The second-order valence-corrected chi connectivity index (χ2v) is 15.6. The predicted octanol–water partition coefficient (Wildman–Crippen LogP) is 13.2. The summed E-state index contributed by atoms with van der Waals surface area (Å²) in [4.78, 5) is 14.0. The molecule has 0 saturated carbocycles. The van der Waals surface area contributed by atoms with E-state index in [4.69, 9.17) is 16.6 Å². The van der Waals surface area contributed by atoms with Crippen molar-refractivity contribution in [2.45, 2.75) is 99.3 Å². The molecule has 11 heteroatoms. The summed E-state index contributed by atoms with van der Waals surface area (Å²) in [5.74, 6) is 0.965. The van der Waals surface area contributed by atoms with Crippen LogP contribution in [0.5, 0.6) is 0 Å². The van der Waals surface area contributed by atoms with Crippen LogP contribution in [0.25, 0.3) is 0 Å². The third-order valence-corrected chi connectivity index (χ3v) is 10.2. The molecule has 4 nitrogen and oxygen atoms in total. The number of aryl methyl sites for hydroxylation is 5. The Balaban J connectivity index is 1.80. The zero-order valence-corrected chi connectivity index (χ0v) is 33.7. The molecule has 1 fully saturated rings. The lowest BCUT2D eigenvalue weighted by Crippen LogP contribution is -2.50. The summed E-state index contributed by atoms with van der Waals surface area (Å²) in [5, 5.41) is -0.209. The van der Waals surface area contributed by atoms with E-state index in [1.54, 1.807) is 17.9 Å². The molecule has 4 aromatic carbocycles. The number of benzene rings is 4. The Morgan fingerprint density at radius 2 is 1.27 bits per heavy atom. The molecule has 0 atom stereocenters. The van der Waals surface area contributed by atoms with Crippen LogP contribution in [0.15, 0.2) is 70.6 Å². The van der Waals surface area contributed by atoms with Crippen molar-refractivity contribution in [2.75, 3.05) is 19.8 Å². The fraction of sp³-hybridized carbons (Fsp3) is 0.409. The third kappa shape index (κ3) is 9.39. The van der Waals surface area contributed by atoms with Gasteiger partial charge in [0.15, 0.2) is 0 Å². The summed E-state index contributed by atoms with van der Waals surface area (Å²) in [6, 6.07) is 16.1. The fourth-order valence-corrected chi connectivity index (χ4v) is 7.70. The zero-order valence-electron chi connectivity index (χ0n) is 32.9. The van der Waals surface area contributed by atoms with E-state index >= 15 is 0 Å². The number of aliphatic imine (C=N–C) groups is 2. The second kappa shape index (κ2) is 16.4. The Bertz CT molecular complexity index is 2090. The molecule has 294 valence electrons. The Hall–Kier alpha value is -4.31. The minimum atomic E-state index is -4.77. The zero-order chi connectivity index (χ0) is 40.6. The van der Waals surface area contributed by atoms with Crippen molar-refractivity contribution < 1.29 is 26.3 Å². The van der Waals surface area contributed by atoms with Gasteiger partial charge in [-0.3, -0.25) is 0 Å². The van der Waals surface area contributed by atoms with E-state index < -0.39 is 23.5 Å². The Morgan fingerprint density at radius 3 is 1.84 bits per heavy atom. The molecule has 1 aliphatic heterocycles. The normalized spacial score (nSPS) is 14.8. The number of hydrogen-bond acceptors (Lipinski definition) is 2. The topological polar surface area (TPSA) is 31.2 Å². The van der Waals surface area contributed by atoms with Crippen molar-refractivity contribution in [1.82, 2.24) is 9.80 Å². The second-order valence-electron chi connectivity index (χ2n) is 15.2. The summed E-state index contributed by atoms with van der Waals surface area (Å²) in [7, 11) is 0. The molecule has 0 amide bonds. The third-order valence-electron chi connectivity index (χ3n) is 9.97. The van der Waals surface area contributed by atoms with Gasteiger partial charge in [0.1, 0.15) is 11.7 Å². The first-order chi connectivity index (χ1) is 25.7. The minimum absolute atomic E-state index is 0.0405. The average molecular weight is 783 g/mol. The van der Waals surface area contributed by atoms with Crippen molar-refractivity contribution in [1.29, 1.82) is 0 Å². The summed E-state index contributed by atoms with van der Waals surface area (Å²) >= 11 is 6.31. The van der Waals surface area contributed by atoms with Gasteiger partial charge in [0, 0.05) is 29.2 Å². The van der Waals surface area contributed by atoms with E-state index in [0.717, 1.165) is 63.7 Å². The summed E-state index contributed by atoms with van der Waals surface area (Å²) < 4.78 is 86.4. The molecule has 1 heterocycles. The van der Waals surface area contributed by atoms with Crippen LogP contribution in [0.4, 0.5) is 37.7 Å². The molecule has 0 spiro atoms. The van der Waals surface area contributed by atoms with Crippen molar-refractivity contribution in [2.24, 2.45) is 9.98 Å². The fourth-order valence-electron chi connectivity index (χ4n) is 7.46. The first-order valence-electron chi connectivity index (χ1n) is 18.7. The number of halogens is 7. The SMILES string of the molecule is CCc1cc(C)cc(C)c1C(=Nc1c(C(C)C)cccc1C(C)C)N1CCCN(C(=Nc2c(C)cc(C)cc2C(F)(F)F)c2cc(Cl)cc(C(F)(F)F)c2)C1. The van der Waals surface area contributed by atoms with E-state index in [1.807, 2.05) is 19.9 Å². The molecule has 0 aromatic heterocycles. The van der Waals surface area contributed by atoms with Crippen LogP contribution in [-0.2, 0) is 18.8 Å². The van der Waals surface area contributed by atoms with Gasteiger partial charge in [-0.1, -0.05) is 93.7 Å². The van der Waals surface area contributed by atoms with Crippen LogP contribution in [0.1, 0.15) is 114 Å². The first-order valence-corrected chi connectivity index (χ1v) is 19.0. The molecule has 4 aromatic rings. The predicted molar refractivity (Wildman–Crippen MR) is 213 cm³/mol. The monoisotopic (exact) mass is 782 g/mol. The van der Waals surface area contributed by atoms with Crippen molar-refractivity contribution in [3.05, 3.63) is 127 Å². The lowest BCUT2D eigenvalue weighted by Gasteiger charge is -2.40. The highest BCUT2D eigenvalue weighted by atomic mass is 35.5. The van der Waals surface area contributed by atoms with Gasteiger partial charge in [-0.15, -0.1) is 0 Å². The maximum Gasteiger partial charge on any atom is 0.418 e. The van der Waals surface area contributed by atoms with Crippen LogP contribution < -0.4 is 0 Å². The van der Waals surface area contributed by atoms with Crippen LogP contribution in [0.3, 0.4) is 0 Å².